The molecule has 0 saturated heterocycles. The lowest BCUT2D eigenvalue weighted by atomic mass is 9.98. The minimum absolute atomic E-state index is 0.193. The molecule has 4 nitrogen and oxygen atoms in total. The molecule has 1 aliphatic carbocycles. The largest absolute Gasteiger partial charge is 0.361 e. The zero-order valence-corrected chi connectivity index (χ0v) is 10.0. The lowest BCUT2D eigenvalue weighted by molar-refractivity contribution is 0.577. The van der Waals surface area contributed by atoms with Crippen LogP contribution in [0.4, 0.5) is 0 Å². The Kier molecular flexibility index (Phi) is 3.16. The average molecular weight is 240 g/mol. The van der Waals surface area contributed by atoms with Crippen LogP contribution in [0, 0.1) is 5.92 Å². The summed E-state index contributed by atoms with van der Waals surface area (Å²) >= 11 is 0. The topological polar surface area (TPSA) is 62.0 Å². The Morgan fingerprint density at radius 2 is 2.38 bits per heavy atom. The van der Waals surface area contributed by atoms with Crippen molar-refractivity contribution in [3.8, 4) is 0 Å². The first-order valence-electron chi connectivity index (χ1n) is 5.37. The van der Waals surface area contributed by atoms with Gasteiger partial charge in [-0.05, 0) is 37.1 Å². The van der Waals surface area contributed by atoms with E-state index in [-0.39, 0.29) is 5.75 Å². The fourth-order valence-electron chi connectivity index (χ4n) is 1.92. The lowest BCUT2D eigenvalue weighted by Gasteiger charge is -2.12. The van der Waals surface area contributed by atoms with E-state index in [2.05, 4.69) is 21.9 Å². The van der Waals surface area contributed by atoms with Gasteiger partial charge in [-0.15, -0.1) is 0 Å². The Balaban J connectivity index is 2.05. The second-order valence-corrected chi connectivity index (χ2v) is 6.07. The van der Waals surface area contributed by atoms with E-state index >= 15 is 0 Å². The summed E-state index contributed by atoms with van der Waals surface area (Å²) in [5.41, 5.74) is 0. The smallest absolute Gasteiger partial charge is 0.211 e. The van der Waals surface area contributed by atoms with Crippen molar-refractivity contribution in [2.75, 3.05) is 12.8 Å². The summed E-state index contributed by atoms with van der Waals surface area (Å²) in [6.45, 7) is 0. The molecule has 0 radical (unpaired) electrons. The van der Waals surface area contributed by atoms with Gasteiger partial charge in [0, 0.05) is 11.5 Å². The maximum absolute atomic E-state index is 11.3. The molecule has 2 rings (SSSR count). The molecule has 2 N–H and O–H groups in total. The van der Waals surface area contributed by atoms with E-state index in [1.807, 2.05) is 12.3 Å². The summed E-state index contributed by atoms with van der Waals surface area (Å²) in [6, 6.07) is 2.02. The number of rotatable bonds is 4. The SMILES string of the molecule is CNS(=O)(=O)CCC1C=c2cc[nH]c2=CC1. The lowest BCUT2D eigenvalue weighted by Crippen LogP contribution is -2.29. The summed E-state index contributed by atoms with van der Waals surface area (Å²) < 4.78 is 24.9. The Bertz CT molecular complexity index is 571. The van der Waals surface area contributed by atoms with Crippen LogP contribution in [-0.2, 0) is 10.0 Å². The Morgan fingerprint density at radius 1 is 1.56 bits per heavy atom. The van der Waals surface area contributed by atoms with E-state index < -0.39 is 10.0 Å². The number of fused-ring (bicyclic) bond motifs is 1. The molecular weight excluding hydrogens is 224 g/mol. The predicted octanol–water partition coefficient (Wildman–Crippen LogP) is -0.465. The van der Waals surface area contributed by atoms with Gasteiger partial charge in [0.25, 0.3) is 0 Å². The Labute approximate surface area is 95.1 Å². The molecule has 88 valence electrons. The van der Waals surface area contributed by atoms with Crippen molar-refractivity contribution in [3.05, 3.63) is 22.8 Å². The van der Waals surface area contributed by atoms with Crippen LogP contribution in [0.25, 0.3) is 12.2 Å². The van der Waals surface area contributed by atoms with Crippen molar-refractivity contribution in [2.45, 2.75) is 12.8 Å². The quantitative estimate of drug-likeness (QED) is 0.748. The van der Waals surface area contributed by atoms with Crippen LogP contribution in [0.1, 0.15) is 12.8 Å². The third-order valence-corrected chi connectivity index (χ3v) is 4.32. The monoisotopic (exact) mass is 240 g/mol. The van der Waals surface area contributed by atoms with Crippen molar-refractivity contribution < 1.29 is 8.42 Å². The minimum atomic E-state index is -3.07. The van der Waals surface area contributed by atoms with E-state index in [1.165, 1.54) is 12.3 Å². The Hall–Kier alpha value is -1.07. The van der Waals surface area contributed by atoms with Gasteiger partial charge >= 0.3 is 0 Å². The zero-order valence-electron chi connectivity index (χ0n) is 9.23. The van der Waals surface area contributed by atoms with E-state index in [9.17, 15) is 8.42 Å². The third-order valence-electron chi connectivity index (χ3n) is 2.92. The standard InChI is InChI=1S/C11H16N2O2S/c1-12-16(14,15)7-5-9-2-3-11-10(8-9)4-6-13-11/h3-4,6,8-9,12-13H,2,5,7H2,1H3. The van der Waals surface area contributed by atoms with Crippen LogP contribution in [0.15, 0.2) is 12.3 Å². The molecule has 1 aromatic rings. The van der Waals surface area contributed by atoms with Crippen molar-refractivity contribution in [1.29, 1.82) is 0 Å². The first-order chi connectivity index (χ1) is 7.61. The van der Waals surface area contributed by atoms with Gasteiger partial charge in [0.1, 0.15) is 0 Å². The van der Waals surface area contributed by atoms with Gasteiger partial charge in [-0.3, -0.25) is 0 Å². The molecule has 1 aromatic heterocycles. The minimum Gasteiger partial charge on any atom is -0.361 e. The highest BCUT2D eigenvalue weighted by Gasteiger charge is 2.13. The first-order valence-corrected chi connectivity index (χ1v) is 7.02. The fourth-order valence-corrected chi connectivity index (χ4v) is 2.73. The van der Waals surface area contributed by atoms with E-state index in [0.29, 0.717) is 12.3 Å². The second-order valence-electron chi connectivity index (χ2n) is 4.02. The van der Waals surface area contributed by atoms with Gasteiger partial charge in [-0.1, -0.05) is 12.2 Å². The maximum Gasteiger partial charge on any atom is 0.211 e. The number of aromatic nitrogens is 1. The van der Waals surface area contributed by atoms with Crippen molar-refractivity contribution >= 4 is 22.2 Å². The average Bonchev–Trinajstić information content (AvgIpc) is 2.73. The number of hydrogen-bond donors (Lipinski definition) is 2. The van der Waals surface area contributed by atoms with Crippen LogP contribution in [0.3, 0.4) is 0 Å². The molecule has 0 amide bonds. The van der Waals surface area contributed by atoms with Gasteiger partial charge < -0.3 is 4.98 Å². The highest BCUT2D eigenvalue weighted by atomic mass is 32.2. The fraction of sp³-hybridized carbons (Fsp3) is 0.455. The van der Waals surface area contributed by atoms with Gasteiger partial charge in [0.15, 0.2) is 0 Å². The number of hydrogen-bond acceptors (Lipinski definition) is 2. The van der Waals surface area contributed by atoms with E-state index in [1.54, 1.807) is 0 Å². The molecule has 0 saturated carbocycles. The highest BCUT2D eigenvalue weighted by molar-refractivity contribution is 7.89. The molecule has 0 fully saturated rings. The van der Waals surface area contributed by atoms with Crippen LogP contribution in [0.2, 0.25) is 0 Å². The number of aromatic amines is 1. The summed E-state index contributed by atoms with van der Waals surface area (Å²) in [4.78, 5) is 3.14. The summed E-state index contributed by atoms with van der Waals surface area (Å²) in [5, 5.41) is 2.32. The van der Waals surface area contributed by atoms with Gasteiger partial charge in [-0.2, -0.15) is 0 Å². The summed E-state index contributed by atoms with van der Waals surface area (Å²) in [5.74, 6) is 0.518. The van der Waals surface area contributed by atoms with Crippen LogP contribution in [-0.4, -0.2) is 26.2 Å². The van der Waals surface area contributed by atoms with Gasteiger partial charge in [-0.25, -0.2) is 13.1 Å². The molecule has 0 aliphatic heterocycles. The normalized spacial score (nSPS) is 19.7. The molecule has 5 heteroatoms. The van der Waals surface area contributed by atoms with Crippen molar-refractivity contribution in [2.24, 2.45) is 5.92 Å². The van der Waals surface area contributed by atoms with Crippen LogP contribution >= 0.6 is 0 Å². The molecule has 1 heterocycles. The first kappa shape index (κ1) is 11.4. The second kappa shape index (κ2) is 4.43. The summed E-state index contributed by atoms with van der Waals surface area (Å²) in [6.07, 6.45) is 7.77. The number of nitrogens with one attached hydrogen (secondary N) is 2. The van der Waals surface area contributed by atoms with Crippen LogP contribution < -0.4 is 15.3 Å². The zero-order chi connectivity index (χ0) is 11.6. The molecule has 1 unspecified atom stereocenters. The molecule has 0 aromatic carbocycles. The molecule has 0 bridgehead atoms. The predicted molar refractivity (Wildman–Crippen MR) is 64.5 cm³/mol. The molecule has 16 heavy (non-hydrogen) atoms. The molecule has 0 spiro atoms. The van der Waals surface area contributed by atoms with Crippen molar-refractivity contribution in [3.63, 3.8) is 0 Å². The summed E-state index contributed by atoms with van der Waals surface area (Å²) in [7, 11) is -1.62. The highest BCUT2D eigenvalue weighted by Crippen LogP contribution is 2.13. The third kappa shape index (κ3) is 2.54. The molecular formula is C11H16N2O2S. The Morgan fingerprint density at radius 3 is 3.12 bits per heavy atom. The van der Waals surface area contributed by atoms with Gasteiger partial charge in [0.05, 0.1) is 5.75 Å². The van der Waals surface area contributed by atoms with E-state index in [4.69, 9.17) is 0 Å². The molecule has 1 aliphatic rings. The maximum atomic E-state index is 11.3. The van der Waals surface area contributed by atoms with Gasteiger partial charge in [0.2, 0.25) is 10.0 Å². The number of sulfonamides is 1. The molecule has 1 atom stereocenters. The van der Waals surface area contributed by atoms with E-state index in [0.717, 1.165) is 11.8 Å². The van der Waals surface area contributed by atoms with Crippen LogP contribution in [0.5, 0.6) is 0 Å². The number of H-pyrrole nitrogens is 1. The van der Waals surface area contributed by atoms with Crippen molar-refractivity contribution in [1.82, 2.24) is 9.71 Å².